The van der Waals surface area contributed by atoms with Gasteiger partial charge in [0.2, 0.25) is 0 Å². The minimum atomic E-state index is -0.0628. The number of carbonyl (C=O) groups excluding carboxylic acids is 1. The van der Waals surface area contributed by atoms with Gasteiger partial charge in [-0.25, -0.2) is 0 Å². The molecule has 0 fully saturated rings. The maximum absolute atomic E-state index is 12.2. The van der Waals surface area contributed by atoms with Crippen molar-refractivity contribution in [1.29, 1.82) is 0 Å². The SMILES string of the molecule is O=C(/C=C/c1ccco1)c1ccc(OCCCCCCCCOc2cccc3cccnc23)cc1. The van der Waals surface area contributed by atoms with E-state index in [1.54, 1.807) is 42.8 Å². The Kier molecular flexibility index (Phi) is 9.11. The van der Waals surface area contributed by atoms with Crippen LogP contribution in [0.2, 0.25) is 0 Å². The number of para-hydroxylation sites is 1. The zero-order valence-corrected chi connectivity index (χ0v) is 19.9. The smallest absolute Gasteiger partial charge is 0.185 e. The fourth-order valence-electron chi connectivity index (χ4n) is 3.83. The Balaban J connectivity index is 1.04. The van der Waals surface area contributed by atoms with Crippen LogP contribution in [0.15, 0.2) is 89.7 Å². The zero-order valence-electron chi connectivity index (χ0n) is 19.9. The lowest BCUT2D eigenvalue weighted by atomic mass is 10.1. The van der Waals surface area contributed by atoms with Gasteiger partial charge in [0.15, 0.2) is 5.78 Å². The van der Waals surface area contributed by atoms with E-state index in [4.69, 9.17) is 13.9 Å². The van der Waals surface area contributed by atoms with Crippen molar-refractivity contribution in [2.75, 3.05) is 13.2 Å². The number of furan rings is 1. The first-order valence-corrected chi connectivity index (χ1v) is 12.2. The molecular formula is C30H31NO4. The summed E-state index contributed by atoms with van der Waals surface area (Å²) in [5.41, 5.74) is 1.55. The van der Waals surface area contributed by atoms with Crippen LogP contribution in [-0.4, -0.2) is 24.0 Å². The summed E-state index contributed by atoms with van der Waals surface area (Å²) in [6, 6.07) is 20.9. The predicted octanol–water partition coefficient (Wildman–Crippen LogP) is 7.52. The van der Waals surface area contributed by atoms with Crippen LogP contribution >= 0.6 is 0 Å². The molecule has 4 rings (SSSR count). The van der Waals surface area contributed by atoms with Gasteiger partial charge in [-0.05, 0) is 73.5 Å². The molecule has 4 aromatic rings. The van der Waals surface area contributed by atoms with Crippen LogP contribution < -0.4 is 9.47 Å². The van der Waals surface area contributed by atoms with Gasteiger partial charge in [-0.15, -0.1) is 0 Å². The maximum Gasteiger partial charge on any atom is 0.185 e. The highest BCUT2D eigenvalue weighted by Crippen LogP contribution is 2.23. The summed E-state index contributed by atoms with van der Waals surface area (Å²) in [4.78, 5) is 16.7. The summed E-state index contributed by atoms with van der Waals surface area (Å²) in [5.74, 6) is 2.25. The molecule has 0 radical (unpaired) electrons. The van der Waals surface area contributed by atoms with E-state index in [1.165, 1.54) is 18.9 Å². The molecule has 2 aromatic heterocycles. The average molecular weight is 470 g/mol. The van der Waals surface area contributed by atoms with Gasteiger partial charge in [0, 0.05) is 17.1 Å². The van der Waals surface area contributed by atoms with Crippen molar-refractivity contribution in [2.45, 2.75) is 38.5 Å². The molecule has 0 aliphatic heterocycles. The number of unbranched alkanes of at least 4 members (excludes halogenated alkanes) is 5. The van der Waals surface area contributed by atoms with Gasteiger partial charge in [-0.1, -0.05) is 43.9 Å². The Bertz CT molecular complexity index is 1210. The van der Waals surface area contributed by atoms with E-state index in [0.29, 0.717) is 17.9 Å². The van der Waals surface area contributed by atoms with Gasteiger partial charge < -0.3 is 13.9 Å². The Labute approximate surface area is 206 Å². The van der Waals surface area contributed by atoms with E-state index in [9.17, 15) is 4.79 Å². The van der Waals surface area contributed by atoms with Crippen molar-refractivity contribution in [3.63, 3.8) is 0 Å². The summed E-state index contributed by atoms with van der Waals surface area (Å²) in [5, 5.41) is 1.11. The quantitative estimate of drug-likeness (QED) is 0.109. The highest BCUT2D eigenvalue weighted by Gasteiger charge is 2.04. The number of allylic oxidation sites excluding steroid dienone is 1. The molecule has 0 saturated heterocycles. The van der Waals surface area contributed by atoms with Gasteiger partial charge in [0.05, 0.1) is 19.5 Å². The molecule has 0 amide bonds. The summed E-state index contributed by atoms with van der Waals surface area (Å²) in [6.45, 7) is 1.40. The van der Waals surface area contributed by atoms with Gasteiger partial charge >= 0.3 is 0 Å². The molecular weight excluding hydrogens is 438 g/mol. The van der Waals surface area contributed by atoms with E-state index >= 15 is 0 Å². The van der Waals surface area contributed by atoms with Gasteiger partial charge in [0.1, 0.15) is 22.8 Å². The first kappa shape index (κ1) is 24.3. The van der Waals surface area contributed by atoms with Crippen LogP contribution in [0.25, 0.3) is 17.0 Å². The third-order valence-electron chi connectivity index (χ3n) is 5.74. The van der Waals surface area contributed by atoms with E-state index in [2.05, 4.69) is 17.1 Å². The number of hydrogen-bond acceptors (Lipinski definition) is 5. The molecule has 0 bridgehead atoms. The monoisotopic (exact) mass is 469 g/mol. The van der Waals surface area contributed by atoms with Gasteiger partial charge in [-0.3, -0.25) is 9.78 Å². The number of ether oxygens (including phenoxy) is 2. The highest BCUT2D eigenvalue weighted by atomic mass is 16.5. The second-order valence-electron chi connectivity index (χ2n) is 8.39. The van der Waals surface area contributed by atoms with Crippen LogP contribution in [0, 0.1) is 0 Å². The lowest BCUT2D eigenvalue weighted by Crippen LogP contribution is -1.99. The van der Waals surface area contributed by atoms with Crippen molar-refractivity contribution in [3.8, 4) is 11.5 Å². The normalized spacial score (nSPS) is 11.2. The van der Waals surface area contributed by atoms with Crippen LogP contribution in [0.3, 0.4) is 0 Å². The average Bonchev–Trinajstić information content (AvgIpc) is 3.42. The number of aromatic nitrogens is 1. The molecule has 0 saturated carbocycles. The minimum absolute atomic E-state index is 0.0628. The van der Waals surface area contributed by atoms with E-state index < -0.39 is 0 Å². The van der Waals surface area contributed by atoms with Crippen molar-refractivity contribution in [2.24, 2.45) is 0 Å². The topological polar surface area (TPSA) is 61.6 Å². The third-order valence-corrected chi connectivity index (χ3v) is 5.74. The number of hydrogen-bond donors (Lipinski definition) is 0. The molecule has 2 aromatic carbocycles. The first-order chi connectivity index (χ1) is 17.3. The van der Waals surface area contributed by atoms with Gasteiger partial charge in [0.25, 0.3) is 0 Å². The number of ketones is 1. The number of benzene rings is 2. The fraction of sp³-hybridized carbons (Fsp3) is 0.267. The van der Waals surface area contributed by atoms with Crippen molar-refractivity contribution < 1.29 is 18.7 Å². The standard InChI is InChI=1S/C30H31NO4/c32-28(19-18-26-12-9-23-34-26)24-14-16-27(17-15-24)33-21-5-3-1-2-4-6-22-35-29-13-7-10-25-11-8-20-31-30(25)29/h7-20,23H,1-6,21-22H2/b19-18+. The minimum Gasteiger partial charge on any atom is -0.494 e. The second-order valence-corrected chi connectivity index (χ2v) is 8.39. The summed E-state index contributed by atoms with van der Waals surface area (Å²) >= 11 is 0. The number of nitrogens with zero attached hydrogens (tertiary/aromatic N) is 1. The number of fused-ring (bicyclic) bond motifs is 1. The summed E-state index contributed by atoms with van der Waals surface area (Å²) in [7, 11) is 0. The highest BCUT2D eigenvalue weighted by molar-refractivity contribution is 6.06. The van der Waals surface area contributed by atoms with Gasteiger partial charge in [-0.2, -0.15) is 0 Å². The zero-order chi connectivity index (χ0) is 24.1. The van der Waals surface area contributed by atoms with E-state index in [-0.39, 0.29) is 5.78 Å². The molecule has 5 nitrogen and oxygen atoms in total. The molecule has 0 aliphatic rings. The molecule has 2 heterocycles. The predicted molar refractivity (Wildman–Crippen MR) is 139 cm³/mol. The maximum atomic E-state index is 12.2. The molecule has 0 N–H and O–H groups in total. The molecule has 0 aliphatic carbocycles. The molecule has 180 valence electrons. The number of carbonyl (C=O) groups is 1. The first-order valence-electron chi connectivity index (χ1n) is 12.2. The lowest BCUT2D eigenvalue weighted by Gasteiger charge is -2.09. The Morgan fingerprint density at radius 1 is 0.800 bits per heavy atom. The van der Waals surface area contributed by atoms with Crippen LogP contribution in [0.4, 0.5) is 0 Å². The third kappa shape index (κ3) is 7.57. The fourth-order valence-corrected chi connectivity index (χ4v) is 3.83. The number of pyridine rings is 1. The summed E-state index contributed by atoms with van der Waals surface area (Å²) < 4.78 is 17.0. The van der Waals surface area contributed by atoms with Crippen LogP contribution in [0.1, 0.15) is 54.6 Å². The Morgan fingerprint density at radius 3 is 2.31 bits per heavy atom. The largest absolute Gasteiger partial charge is 0.494 e. The summed E-state index contributed by atoms with van der Waals surface area (Å²) in [6.07, 6.45) is 13.3. The molecule has 0 atom stereocenters. The van der Waals surface area contributed by atoms with Crippen molar-refractivity contribution in [3.05, 3.63) is 96.6 Å². The van der Waals surface area contributed by atoms with Crippen LogP contribution in [-0.2, 0) is 0 Å². The van der Waals surface area contributed by atoms with E-state index in [0.717, 1.165) is 54.7 Å². The molecule has 0 unspecified atom stereocenters. The number of rotatable bonds is 14. The Morgan fingerprint density at radius 2 is 1.54 bits per heavy atom. The molecule has 35 heavy (non-hydrogen) atoms. The van der Waals surface area contributed by atoms with Crippen LogP contribution in [0.5, 0.6) is 11.5 Å². The van der Waals surface area contributed by atoms with Crippen molar-refractivity contribution in [1.82, 2.24) is 4.98 Å². The lowest BCUT2D eigenvalue weighted by molar-refractivity contribution is 0.104. The molecule has 5 heteroatoms. The van der Waals surface area contributed by atoms with Crippen molar-refractivity contribution >= 4 is 22.8 Å². The second kappa shape index (κ2) is 13.1. The molecule has 0 spiro atoms. The Hall–Kier alpha value is -3.86. The van der Waals surface area contributed by atoms with E-state index in [1.807, 2.05) is 30.3 Å².